The van der Waals surface area contributed by atoms with Gasteiger partial charge in [0.05, 0.1) is 17.9 Å². The number of amides is 1. The van der Waals surface area contributed by atoms with Crippen LogP contribution in [0.4, 0.5) is 5.69 Å². The summed E-state index contributed by atoms with van der Waals surface area (Å²) in [6.45, 7) is 2.82. The van der Waals surface area contributed by atoms with Crippen LogP contribution < -0.4 is 15.8 Å². The van der Waals surface area contributed by atoms with Crippen molar-refractivity contribution in [3.63, 3.8) is 0 Å². The van der Waals surface area contributed by atoms with Gasteiger partial charge >= 0.3 is 0 Å². The Balaban J connectivity index is 2.00. The molecule has 0 aliphatic rings. The number of carbonyl (C=O) groups is 1. The largest absolute Gasteiger partial charge is 0.491 e. The number of aromatic nitrogens is 2. The van der Waals surface area contributed by atoms with E-state index in [-0.39, 0.29) is 5.91 Å². The lowest BCUT2D eigenvalue weighted by molar-refractivity contribution is 0.0950. The summed E-state index contributed by atoms with van der Waals surface area (Å²) in [5, 5.41) is 2.86. The summed E-state index contributed by atoms with van der Waals surface area (Å²) in [5.41, 5.74) is 6.77. The molecule has 0 aliphatic carbocycles. The maximum atomic E-state index is 12.2. The summed E-state index contributed by atoms with van der Waals surface area (Å²) in [5.74, 6) is 1.17. The van der Waals surface area contributed by atoms with Crippen molar-refractivity contribution in [2.75, 3.05) is 18.9 Å². The fourth-order valence-electron chi connectivity index (χ4n) is 2.06. The predicted octanol–water partition coefficient (Wildman–Crippen LogP) is 1.37. The Morgan fingerprint density at radius 1 is 1.48 bits per heavy atom. The third-order valence-corrected chi connectivity index (χ3v) is 3.13. The summed E-state index contributed by atoms with van der Waals surface area (Å²) in [4.78, 5) is 16.4. The molecular weight excluding hydrogens is 268 g/mol. The van der Waals surface area contributed by atoms with Gasteiger partial charge in [0.2, 0.25) is 0 Å². The SMILES string of the molecule is CCOc1c(N)cccc1C(=O)NCCc1nccn1C. The van der Waals surface area contributed by atoms with Gasteiger partial charge in [-0.15, -0.1) is 0 Å². The van der Waals surface area contributed by atoms with Gasteiger partial charge in [0.15, 0.2) is 5.75 Å². The van der Waals surface area contributed by atoms with Crippen LogP contribution in [-0.2, 0) is 13.5 Å². The molecule has 0 aliphatic heterocycles. The monoisotopic (exact) mass is 288 g/mol. The van der Waals surface area contributed by atoms with Crippen LogP contribution in [-0.4, -0.2) is 28.6 Å². The number of nitrogen functional groups attached to an aromatic ring is 1. The van der Waals surface area contributed by atoms with Gasteiger partial charge in [-0.3, -0.25) is 4.79 Å². The van der Waals surface area contributed by atoms with Crippen molar-refractivity contribution >= 4 is 11.6 Å². The van der Waals surface area contributed by atoms with Crippen molar-refractivity contribution in [1.29, 1.82) is 0 Å². The van der Waals surface area contributed by atoms with Crippen LogP contribution in [0.15, 0.2) is 30.6 Å². The topological polar surface area (TPSA) is 82.2 Å². The van der Waals surface area contributed by atoms with E-state index in [1.807, 2.05) is 24.7 Å². The second kappa shape index (κ2) is 6.78. The number of carbonyl (C=O) groups excluding carboxylic acids is 1. The molecule has 0 bridgehead atoms. The Labute approximate surface area is 123 Å². The molecule has 21 heavy (non-hydrogen) atoms. The van der Waals surface area contributed by atoms with Crippen molar-refractivity contribution in [3.8, 4) is 5.75 Å². The molecule has 0 fully saturated rings. The molecule has 1 aromatic heterocycles. The van der Waals surface area contributed by atoms with Crippen LogP contribution in [0.2, 0.25) is 0 Å². The molecule has 0 atom stereocenters. The fraction of sp³-hybridized carbons (Fsp3) is 0.333. The number of hydrogen-bond donors (Lipinski definition) is 2. The Morgan fingerprint density at radius 3 is 2.95 bits per heavy atom. The molecule has 6 heteroatoms. The van der Waals surface area contributed by atoms with E-state index in [4.69, 9.17) is 10.5 Å². The number of anilines is 1. The average Bonchev–Trinajstić information content (AvgIpc) is 2.87. The van der Waals surface area contributed by atoms with Crippen molar-refractivity contribution in [2.45, 2.75) is 13.3 Å². The molecule has 112 valence electrons. The Bertz CT molecular complexity index is 622. The van der Waals surface area contributed by atoms with E-state index in [0.29, 0.717) is 36.6 Å². The first-order valence-corrected chi connectivity index (χ1v) is 6.89. The van der Waals surface area contributed by atoms with Crippen LogP contribution in [0.5, 0.6) is 5.75 Å². The highest BCUT2D eigenvalue weighted by molar-refractivity contribution is 5.98. The number of rotatable bonds is 6. The van der Waals surface area contributed by atoms with Crippen molar-refractivity contribution < 1.29 is 9.53 Å². The lowest BCUT2D eigenvalue weighted by Gasteiger charge is -2.12. The minimum absolute atomic E-state index is 0.194. The summed E-state index contributed by atoms with van der Waals surface area (Å²) in [7, 11) is 1.93. The van der Waals surface area contributed by atoms with Crippen LogP contribution >= 0.6 is 0 Å². The van der Waals surface area contributed by atoms with Gasteiger partial charge in [0.1, 0.15) is 5.82 Å². The molecule has 2 rings (SSSR count). The number of para-hydroxylation sites is 1. The maximum absolute atomic E-state index is 12.2. The Morgan fingerprint density at radius 2 is 2.29 bits per heavy atom. The highest BCUT2D eigenvalue weighted by atomic mass is 16.5. The number of imidazole rings is 1. The van der Waals surface area contributed by atoms with Crippen molar-refractivity contribution in [1.82, 2.24) is 14.9 Å². The van der Waals surface area contributed by atoms with Crippen LogP contribution in [0.1, 0.15) is 23.1 Å². The first-order chi connectivity index (χ1) is 10.1. The molecule has 6 nitrogen and oxygen atoms in total. The number of nitrogens with one attached hydrogen (secondary N) is 1. The minimum Gasteiger partial charge on any atom is -0.491 e. The second-order valence-corrected chi connectivity index (χ2v) is 4.62. The van der Waals surface area contributed by atoms with E-state index in [2.05, 4.69) is 10.3 Å². The lowest BCUT2D eigenvalue weighted by atomic mass is 10.1. The van der Waals surface area contributed by atoms with Gasteiger partial charge in [-0.05, 0) is 19.1 Å². The van der Waals surface area contributed by atoms with Gasteiger partial charge in [-0.2, -0.15) is 0 Å². The Kier molecular flexibility index (Phi) is 4.81. The van der Waals surface area contributed by atoms with E-state index in [9.17, 15) is 4.79 Å². The fourth-order valence-corrected chi connectivity index (χ4v) is 2.06. The molecule has 1 aromatic carbocycles. The molecule has 1 heterocycles. The van der Waals surface area contributed by atoms with Gasteiger partial charge in [0, 0.05) is 32.4 Å². The van der Waals surface area contributed by atoms with E-state index in [0.717, 1.165) is 5.82 Å². The zero-order valence-electron chi connectivity index (χ0n) is 12.3. The van der Waals surface area contributed by atoms with Crippen LogP contribution in [0.3, 0.4) is 0 Å². The highest BCUT2D eigenvalue weighted by Crippen LogP contribution is 2.26. The third-order valence-electron chi connectivity index (χ3n) is 3.13. The number of ether oxygens (including phenoxy) is 1. The number of nitrogens with two attached hydrogens (primary N) is 1. The molecule has 0 spiro atoms. The summed E-state index contributed by atoms with van der Waals surface area (Å²) in [6, 6.07) is 5.17. The normalized spacial score (nSPS) is 10.4. The number of benzene rings is 1. The number of nitrogens with zero attached hydrogens (tertiary/aromatic N) is 2. The van der Waals surface area contributed by atoms with Gasteiger partial charge in [-0.1, -0.05) is 6.07 Å². The molecule has 2 aromatic rings. The van der Waals surface area contributed by atoms with E-state index >= 15 is 0 Å². The molecule has 0 unspecified atom stereocenters. The van der Waals surface area contributed by atoms with Gasteiger partial charge < -0.3 is 20.4 Å². The minimum atomic E-state index is -0.194. The van der Waals surface area contributed by atoms with E-state index in [1.54, 1.807) is 24.4 Å². The first-order valence-electron chi connectivity index (χ1n) is 6.89. The maximum Gasteiger partial charge on any atom is 0.255 e. The van der Waals surface area contributed by atoms with E-state index in [1.165, 1.54) is 0 Å². The van der Waals surface area contributed by atoms with Crippen LogP contribution in [0, 0.1) is 0 Å². The zero-order valence-corrected chi connectivity index (χ0v) is 12.3. The van der Waals surface area contributed by atoms with Crippen molar-refractivity contribution in [2.24, 2.45) is 7.05 Å². The summed E-state index contributed by atoms with van der Waals surface area (Å²) in [6.07, 6.45) is 4.28. The predicted molar refractivity (Wildman–Crippen MR) is 81.3 cm³/mol. The summed E-state index contributed by atoms with van der Waals surface area (Å²) < 4.78 is 7.39. The molecule has 3 N–H and O–H groups in total. The van der Waals surface area contributed by atoms with Gasteiger partial charge in [0.25, 0.3) is 5.91 Å². The van der Waals surface area contributed by atoms with Gasteiger partial charge in [-0.25, -0.2) is 4.98 Å². The molecule has 0 saturated heterocycles. The quantitative estimate of drug-likeness (QED) is 0.787. The summed E-state index contributed by atoms with van der Waals surface area (Å²) >= 11 is 0. The third kappa shape index (κ3) is 3.53. The Hall–Kier alpha value is -2.50. The van der Waals surface area contributed by atoms with E-state index < -0.39 is 0 Å². The smallest absolute Gasteiger partial charge is 0.255 e. The standard InChI is InChI=1S/C15H20N4O2/c1-3-21-14-11(5-4-6-12(14)16)15(20)18-8-7-13-17-9-10-19(13)2/h4-6,9-10H,3,7-8,16H2,1-2H3,(H,18,20). The molecular formula is C15H20N4O2. The van der Waals surface area contributed by atoms with Crippen molar-refractivity contribution in [3.05, 3.63) is 42.0 Å². The lowest BCUT2D eigenvalue weighted by Crippen LogP contribution is -2.27. The highest BCUT2D eigenvalue weighted by Gasteiger charge is 2.14. The molecule has 0 radical (unpaired) electrons. The number of hydrogen-bond acceptors (Lipinski definition) is 4. The average molecular weight is 288 g/mol. The van der Waals surface area contributed by atoms with Crippen LogP contribution in [0.25, 0.3) is 0 Å². The molecule has 1 amide bonds. The zero-order chi connectivity index (χ0) is 15.2. The second-order valence-electron chi connectivity index (χ2n) is 4.62. The number of aryl methyl sites for hydroxylation is 1. The molecule has 0 saturated carbocycles. The first kappa shape index (κ1) is 14.9.